The van der Waals surface area contributed by atoms with Crippen molar-refractivity contribution in [2.75, 3.05) is 4.90 Å². The minimum absolute atomic E-state index is 0.152. The van der Waals surface area contributed by atoms with E-state index in [1.165, 1.54) is 27.8 Å². The number of thioether (sulfide) groups is 1. The van der Waals surface area contributed by atoms with Crippen LogP contribution in [-0.4, -0.2) is 29.6 Å². The van der Waals surface area contributed by atoms with Gasteiger partial charge in [-0.3, -0.25) is 29.3 Å². The molecule has 3 aromatic rings. The standard InChI is InChI=1S/C21H16N4O5S2/c1-12-18(20(28)24(22(12)2)14-6-4-3-5-7-14)23-19(27)17(32-21(23)31)11-13-8-9-16(26)15(10-13)25(29)30/h3-11,26H,1-2H3/b17-11-. The first-order chi connectivity index (χ1) is 15.2. The van der Waals surface area contributed by atoms with E-state index in [0.29, 0.717) is 16.9 Å². The minimum Gasteiger partial charge on any atom is -0.502 e. The number of carbonyl (C=O) groups excluding carboxylic acids is 1. The monoisotopic (exact) mass is 468 g/mol. The lowest BCUT2D eigenvalue weighted by molar-refractivity contribution is -0.385. The molecule has 9 nitrogen and oxygen atoms in total. The largest absolute Gasteiger partial charge is 0.502 e. The van der Waals surface area contributed by atoms with Gasteiger partial charge in [-0.2, -0.15) is 0 Å². The number of hydrogen-bond acceptors (Lipinski definition) is 7. The van der Waals surface area contributed by atoms with Crippen LogP contribution in [0.4, 0.5) is 11.4 Å². The van der Waals surface area contributed by atoms with Crippen molar-refractivity contribution in [3.8, 4) is 11.4 Å². The highest BCUT2D eigenvalue weighted by Crippen LogP contribution is 2.37. The Bertz CT molecular complexity index is 1370. The Kier molecular flexibility index (Phi) is 5.45. The topological polar surface area (TPSA) is 111 Å². The Morgan fingerprint density at radius 3 is 2.50 bits per heavy atom. The number of thiocarbonyl (C=S) groups is 1. The van der Waals surface area contributed by atoms with E-state index in [-0.39, 0.29) is 14.9 Å². The van der Waals surface area contributed by atoms with E-state index in [0.717, 1.165) is 17.8 Å². The first kappa shape index (κ1) is 21.5. The van der Waals surface area contributed by atoms with Crippen LogP contribution in [0.15, 0.2) is 58.2 Å². The van der Waals surface area contributed by atoms with Gasteiger partial charge < -0.3 is 5.11 Å². The third-order valence-corrected chi connectivity index (χ3v) is 6.34. The van der Waals surface area contributed by atoms with Crippen molar-refractivity contribution in [2.24, 2.45) is 7.05 Å². The third kappa shape index (κ3) is 3.51. The molecule has 0 radical (unpaired) electrons. The number of aromatic hydroxyl groups is 1. The summed E-state index contributed by atoms with van der Waals surface area (Å²) in [6.07, 6.45) is 1.44. The van der Waals surface area contributed by atoms with Gasteiger partial charge in [0.1, 0.15) is 5.69 Å². The van der Waals surface area contributed by atoms with E-state index < -0.39 is 27.8 Å². The summed E-state index contributed by atoms with van der Waals surface area (Å²) in [7, 11) is 1.72. The number of carbonyl (C=O) groups is 1. The van der Waals surface area contributed by atoms with Crippen LogP contribution in [0.2, 0.25) is 0 Å². The molecule has 0 spiro atoms. The Hall–Kier alpha value is -3.70. The van der Waals surface area contributed by atoms with Crippen LogP contribution in [0.1, 0.15) is 11.3 Å². The van der Waals surface area contributed by atoms with Crippen molar-refractivity contribution in [1.29, 1.82) is 0 Å². The van der Waals surface area contributed by atoms with E-state index in [1.807, 2.05) is 18.2 Å². The van der Waals surface area contributed by atoms with Crippen molar-refractivity contribution >= 4 is 51.7 Å². The average molecular weight is 469 g/mol. The molecule has 1 saturated heterocycles. The normalized spacial score (nSPS) is 15.1. The molecule has 1 aliphatic rings. The van der Waals surface area contributed by atoms with Crippen LogP contribution in [0.5, 0.6) is 5.75 Å². The molecule has 2 heterocycles. The van der Waals surface area contributed by atoms with Gasteiger partial charge in [-0.25, -0.2) is 4.68 Å². The fourth-order valence-corrected chi connectivity index (χ4v) is 4.67. The number of hydrogen-bond donors (Lipinski definition) is 1. The Morgan fingerprint density at radius 1 is 1.16 bits per heavy atom. The molecule has 2 aromatic carbocycles. The van der Waals surface area contributed by atoms with Gasteiger partial charge in [0, 0.05) is 13.1 Å². The summed E-state index contributed by atoms with van der Waals surface area (Å²) < 4.78 is 3.29. The highest BCUT2D eigenvalue weighted by Gasteiger charge is 2.37. The second-order valence-electron chi connectivity index (χ2n) is 6.93. The van der Waals surface area contributed by atoms with Gasteiger partial charge in [-0.15, -0.1) is 0 Å². The molecule has 162 valence electrons. The van der Waals surface area contributed by atoms with Crippen molar-refractivity contribution in [1.82, 2.24) is 9.36 Å². The van der Waals surface area contributed by atoms with Crippen LogP contribution in [0, 0.1) is 17.0 Å². The van der Waals surface area contributed by atoms with E-state index in [9.17, 15) is 24.8 Å². The SMILES string of the molecule is Cc1c(N2C(=O)/C(=C/c3ccc(O)c([N+](=O)[O-])c3)SC2=S)c(=O)n(-c2ccccc2)n1C. The zero-order valence-corrected chi connectivity index (χ0v) is 18.5. The third-order valence-electron chi connectivity index (χ3n) is 5.04. The quantitative estimate of drug-likeness (QED) is 0.270. The maximum absolute atomic E-state index is 13.3. The molecule has 0 saturated carbocycles. The number of aromatic nitrogens is 2. The highest BCUT2D eigenvalue weighted by molar-refractivity contribution is 8.27. The summed E-state index contributed by atoms with van der Waals surface area (Å²) in [5.41, 5.74) is 0.830. The average Bonchev–Trinajstić information content (AvgIpc) is 3.15. The number of para-hydroxylation sites is 1. The van der Waals surface area contributed by atoms with Crippen molar-refractivity contribution in [3.05, 3.63) is 85.2 Å². The Balaban J connectivity index is 1.77. The summed E-state index contributed by atoms with van der Waals surface area (Å²) in [4.78, 5) is 38.2. The van der Waals surface area contributed by atoms with Crippen LogP contribution in [0.25, 0.3) is 11.8 Å². The van der Waals surface area contributed by atoms with Gasteiger partial charge in [0.15, 0.2) is 10.1 Å². The number of nitro groups is 1. The van der Waals surface area contributed by atoms with Gasteiger partial charge in [0.25, 0.3) is 11.5 Å². The van der Waals surface area contributed by atoms with Crippen molar-refractivity contribution in [2.45, 2.75) is 6.92 Å². The molecular formula is C21H16N4O5S2. The zero-order chi connectivity index (χ0) is 23.2. The predicted molar refractivity (Wildman–Crippen MR) is 126 cm³/mol. The molecular weight excluding hydrogens is 452 g/mol. The maximum atomic E-state index is 13.3. The highest BCUT2D eigenvalue weighted by atomic mass is 32.2. The molecule has 1 aliphatic heterocycles. The number of amides is 1. The van der Waals surface area contributed by atoms with Crippen LogP contribution in [0.3, 0.4) is 0 Å². The molecule has 4 rings (SSSR count). The van der Waals surface area contributed by atoms with E-state index in [1.54, 1.807) is 30.8 Å². The van der Waals surface area contributed by atoms with E-state index >= 15 is 0 Å². The number of nitrogens with zero attached hydrogens (tertiary/aromatic N) is 4. The van der Waals surface area contributed by atoms with Gasteiger partial charge in [0.2, 0.25) is 0 Å². The van der Waals surface area contributed by atoms with E-state index in [2.05, 4.69) is 0 Å². The molecule has 0 unspecified atom stereocenters. The first-order valence-corrected chi connectivity index (χ1v) is 10.5. The molecule has 32 heavy (non-hydrogen) atoms. The smallest absolute Gasteiger partial charge is 0.311 e. The molecule has 1 aromatic heterocycles. The molecule has 11 heteroatoms. The van der Waals surface area contributed by atoms with E-state index in [4.69, 9.17) is 12.2 Å². The lowest BCUT2D eigenvalue weighted by Gasteiger charge is -2.12. The Labute approximate surface area is 191 Å². The summed E-state index contributed by atoms with van der Waals surface area (Å²) in [6.45, 7) is 1.72. The molecule has 0 aliphatic carbocycles. The maximum Gasteiger partial charge on any atom is 0.311 e. The summed E-state index contributed by atoms with van der Waals surface area (Å²) in [5.74, 6) is -0.970. The van der Waals surface area contributed by atoms with Gasteiger partial charge in [-0.1, -0.05) is 48.2 Å². The molecule has 1 amide bonds. The lowest BCUT2D eigenvalue weighted by Crippen LogP contribution is -2.33. The second-order valence-corrected chi connectivity index (χ2v) is 8.61. The van der Waals surface area contributed by atoms with Gasteiger partial charge in [-0.05, 0) is 36.8 Å². The summed E-state index contributed by atoms with van der Waals surface area (Å²) in [6, 6.07) is 12.8. The number of rotatable bonds is 4. The fourth-order valence-electron chi connectivity index (χ4n) is 3.40. The molecule has 1 fully saturated rings. The fraction of sp³-hybridized carbons (Fsp3) is 0.0952. The van der Waals surface area contributed by atoms with Gasteiger partial charge >= 0.3 is 5.69 Å². The zero-order valence-electron chi connectivity index (χ0n) is 16.9. The van der Waals surface area contributed by atoms with Crippen molar-refractivity contribution in [3.63, 3.8) is 0 Å². The molecule has 1 N–H and O–H groups in total. The number of phenolic OH excluding ortho intramolecular Hbond substituents is 1. The molecule has 0 bridgehead atoms. The van der Waals surface area contributed by atoms with Crippen LogP contribution < -0.4 is 10.5 Å². The molecule has 0 atom stereocenters. The lowest BCUT2D eigenvalue weighted by atomic mass is 10.1. The number of phenols is 1. The minimum atomic E-state index is -0.711. The van der Waals surface area contributed by atoms with Crippen LogP contribution >= 0.6 is 24.0 Å². The van der Waals surface area contributed by atoms with Crippen LogP contribution in [-0.2, 0) is 11.8 Å². The van der Waals surface area contributed by atoms with Crippen molar-refractivity contribution < 1.29 is 14.8 Å². The Morgan fingerprint density at radius 2 is 1.84 bits per heavy atom. The summed E-state index contributed by atoms with van der Waals surface area (Å²) in [5, 5.41) is 20.7. The summed E-state index contributed by atoms with van der Waals surface area (Å²) >= 11 is 6.39. The number of benzene rings is 2. The second kappa shape index (κ2) is 8.09. The first-order valence-electron chi connectivity index (χ1n) is 9.30. The van der Waals surface area contributed by atoms with Gasteiger partial charge in [0.05, 0.1) is 21.2 Å². The number of nitro benzene ring substituents is 1. The predicted octanol–water partition coefficient (Wildman–Crippen LogP) is 3.50. The number of anilines is 1.